The maximum Gasteiger partial charge on any atom is 0.357 e. The summed E-state index contributed by atoms with van der Waals surface area (Å²) in [5.74, 6) is 1.08. The van der Waals surface area contributed by atoms with Crippen LogP contribution in [0, 0.1) is 17.7 Å². The maximum absolute atomic E-state index is 13.0. The van der Waals surface area contributed by atoms with Gasteiger partial charge in [0.25, 0.3) is 0 Å². The van der Waals surface area contributed by atoms with E-state index in [1.54, 1.807) is 29.3 Å². The first-order valence-electron chi connectivity index (χ1n) is 8.62. The van der Waals surface area contributed by atoms with E-state index < -0.39 is 0 Å². The highest BCUT2D eigenvalue weighted by Gasteiger charge is 2.43. The number of benzene rings is 2. The Morgan fingerprint density at radius 3 is 2.24 bits per heavy atom. The minimum absolute atomic E-state index is 0.146. The molecule has 2 fully saturated rings. The number of ether oxygens (including phenoxy) is 1. The molecule has 0 unspecified atom stereocenters. The van der Waals surface area contributed by atoms with E-state index in [1.807, 2.05) is 18.2 Å². The monoisotopic (exact) mass is 341 g/mol. The molecule has 2 aromatic rings. The molecule has 1 heterocycles. The third-order valence-corrected chi connectivity index (χ3v) is 5.01. The van der Waals surface area contributed by atoms with E-state index in [4.69, 9.17) is 9.57 Å². The molecule has 3 atom stereocenters. The third-order valence-electron chi connectivity index (χ3n) is 5.01. The zero-order chi connectivity index (χ0) is 17.2. The quantitative estimate of drug-likeness (QED) is 0.850. The molecule has 2 aliphatic rings. The largest absolute Gasteiger partial charge is 0.490 e. The van der Waals surface area contributed by atoms with E-state index in [0.717, 1.165) is 25.9 Å². The molecular formula is C20H20FNO3. The van der Waals surface area contributed by atoms with Gasteiger partial charge < -0.3 is 9.57 Å². The van der Waals surface area contributed by atoms with Crippen molar-refractivity contribution >= 4 is 5.97 Å². The lowest BCUT2D eigenvalue weighted by molar-refractivity contribution is -0.0991. The fourth-order valence-corrected chi connectivity index (χ4v) is 3.82. The second-order valence-electron chi connectivity index (χ2n) is 6.78. The zero-order valence-electron chi connectivity index (χ0n) is 13.8. The number of fused-ring (bicyclic) bond motifs is 1. The number of hydrogen-bond donors (Lipinski definition) is 0. The third kappa shape index (κ3) is 3.66. The molecule has 2 aromatic carbocycles. The number of nitrogens with zero attached hydrogens (tertiary/aromatic N) is 1. The van der Waals surface area contributed by atoms with Crippen molar-refractivity contribution in [3.8, 4) is 5.75 Å². The van der Waals surface area contributed by atoms with Gasteiger partial charge >= 0.3 is 5.97 Å². The molecular weight excluding hydrogens is 321 g/mol. The van der Waals surface area contributed by atoms with Crippen molar-refractivity contribution in [3.05, 3.63) is 66.0 Å². The zero-order valence-corrected chi connectivity index (χ0v) is 13.8. The van der Waals surface area contributed by atoms with Crippen LogP contribution in [0.3, 0.4) is 0 Å². The molecule has 0 N–H and O–H groups in total. The van der Waals surface area contributed by atoms with Gasteiger partial charge in [0, 0.05) is 13.1 Å². The van der Waals surface area contributed by atoms with E-state index in [9.17, 15) is 9.18 Å². The molecule has 0 bridgehead atoms. The van der Waals surface area contributed by atoms with Crippen molar-refractivity contribution in [1.82, 2.24) is 5.06 Å². The fraction of sp³-hybridized carbons (Fsp3) is 0.350. The lowest BCUT2D eigenvalue weighted by Crippen LogP contribution is -2.27. The lowest BCUT2D eigenvalue weighted by Gasteiger charge is -2.19. The molecule has 4 rings (SSSR count). The molecule has 0 spiro atoms. The van der Waals surface area contributed by atoms with E-state index in [2.05, 4.69) is 0 Å². The van der Waals surface area contributed by atoms with Gasteiger partial charge in [-0.15, -0.1) is 5.06 Å². The molecule has 130 valence electrons. The highest BCUT2D eigenvalue weighted by atomic mass is 19.1. The predicted octanol–water partition coefficient (Wildman–Crippen LogP) is 3.69. The number of carbonyl (C=O) groups excluding carboxylic acids is 1. The topological polar surface area (TPSA) is 38.8 Å². The summed E-state index contributed by atoms with van der Waals surface area (Å²) in [4.78, 5) is 17.6. The summed E-state index contributed by atoms with van der Waals surface area (Å²) in [6.45, 7) is 1.49. The number of halogens is 1. The van der Waals surface area contributed by atoms with Gasteiger partial charge in [-0.2, -0.15) is 0 Å². The van der Waals surface area contributed by atoms with Crippen molar-refractivity contribution < 1.29 is 18.8 Å². The van der Waals surface area contributed by atoms with Crippen LogP contribution in [0.4, 0.5) is 4.39 Å². The first-order valence-corrected chi connectivity index (χ1v) is 8.62. The number of carbonyl (C=O) groups is 1. The molecule has 1 saturated carbocycles. The van der Waals surface area contributed by atoms with Crippen LogP contribution in [0.2, 0.25) is 0 Å². The van der Waals surface area contributed by atoms with Gasteiger partial charge in [-0.3, -0.25) is 0 Å². The van der Waals surface area contributed by atoms with Crippen molar-refractivity contribution in [1.29, 1.82) is 0 Å². The smallest absolute Gasteiger partial charge is 0.357 e. The lowest BCUT2D eigenvalue weighted by atomic mass is 10.0. The standard InChI is InChI=1S/C20H20FNO3/c21-17-6-8-18(9-7-17)24-19-10-15-12-22(13-16(15)11-19)25-20(23)14-4-2-1-3-5-14/h1-9,15-16,19H,10-13H2/t15-,16+,19-. The molecule has 0 amide bonds. The number of hydroxylamine groups is 2. The SMILES string of the molecule is O=C(ON1C[C@H]2C[C@@H](Oc3ccc(F)cc3)C[C@H]2C1)c1ccccc1. The summed E-state index contributed by atoms with van der Waals surface area (Å²) in [7, 11) is 0. The summed E-state index contributed by atoms with van der Waals surface area (Å²) >= 11 is 0. The van der Waals surface area contributed by atoms with Crippen LogP contribution in [0.25, 0.3) is 0 Å². The van der Waals surface area contributed by atoms with Crippen molar-refractivity contribution in [2.45, 2.75) is 18.9 Å². The van der Waals surface area contributed by atoms with E-state index in [1.165, 1.54) is 12.1 Å². The molecule has 0 radical (unpaired) electrons. The predicted molar refractivity (Wildman–Crippen MR) is 90.5 cm³/mol. The normalized spacial score (nSPS) is 25.6. The van der Waals surface area contributed by atoms with Crippen molar-refractivity contribution in [2.75, 3.05) is 13.1 Å². The number of rotatable bonds is 4. The minimum Gasteiger partial charge on any atom is -0.490 e. The second-order valence-corrected chi connectivity index (χ2v) is 6.78. The van der Waals surface area contributed by atoms with Crippen LogP contribution in [0.15, 0.2) is 54.6 Å². The Balaban J connectivity index is 1.29. The Labute approximate surface area is 146 Å². The van der Waals surface area contributed by atoms with Gasteiger partial charge in [0.15, 0.2) is 0 Å². The Kier molecular flexibility index (Phi) is 4.40. The summed E-state index contributed by atoms with van der Waals surface area (Å²) in [5.41, 5.74) is 0.567. The van der Waals surface area contributed by atoms with Gasteiger partial charge in [0.05, 0.1) is 11.7 Å². The summed E-state index contributed by atoms with van der Waals surface area (Å²) < 4.78 is 18.9. The van der Waals surface area contributed by atoms with Crippen LogP contribution in [0.1, 0.15) is 23.2 Å². The molecule has 1 aliphatic heterocycles. The highest BCUT2D eigenvalue weighted by Crippen LogP contribution is 2.40. The Hall–Kier alpha value is -2.40. The molecule has 4 nitrogen and oxygen atoms in total. The average molecular weight is 341 g/mol. The van der Waals surface area contributed by atoms with Gasteiger partial charge in [-0.1, -0.05) is 18.2 Å². The highest BCUT2D eigenvalue weighted by molar-refractivity contribution is 5.89. The fourth-order valence-electron chi connectivity index (χ4n) is 3.82. The first-order chi connectivity index (χ1) is 12.2. The van der Waals surface area contributed by atoms with Crippen molar-refractivity contribution in [3.63, 3.8) is 0 Å². The van der Waals surface area contributed by atoms with E-state index in [0.29, 0.717) is 23.1 Å². The van der Waals surface area contributed by atoms with Gasteiger partial charge in [-0.25, -0.2) is 9.18 Å². The number of hydrogen-bond acceptors (Lipinski definition) is 4. The summed E-state index contributed by atoms with van der Waals surface area (Å²) in [6.07, 6.45) is 2.01. The second kappa shape index (κ2) is 6.84. The van der Waals surface area contributed by atoms with E-state index in [-0.39, 0.29) is 17.9 Å². The average Bonchev–Trinajstić information content (AvgIpc) is 3.15. The molecule has 1 aliphatic carbocycles. The van der Waals surface area contributed by atoms with Crippen LogP contribution in [-0.2, 0) is 4.84 Å². The Morgan fingerprint density at radius 2 is 1.60 bits per heavy atom. The first kappa shape index (κ1) is 16.1. The van der Waals surface area contributed by atoms with Gasteiger partial charge in [-0.05, 0) is 61.1 Å². The maximum atomic E-state index is 13.0. The molecule has 0 aromatic heterocycles. The Bertz CT molecular complexity index is 720. The van der Waals surface area contributed by atoms with E-state index >= 15 is 0 Å². The molecule has 25 heavy (non-hydrogen) atoms. The van der Waals surface area contributed by atoms with Crippen molar-refractivity contribution in [2.24, 2.45) is 11.8 Å². The molecule has 1 saturated heterocycles. The van der Waals surface area contributed by atoms with Gasteiger partial charge in [0.2, 0.25) is 0 Å². The van der Waals surface area contributed by atoms with Crippen LogP contribution < -0.4 is 4.74 Å². The summed E-state index contributed by atoms with van der Waals surface area (Å²) in [6, 6.07) is 15.2. The minimum atomic E-state index is -0.306. The van der Waals surface area contributed by atoms with Crippen LogP contribution in [0.5, 0.6) is 5.75 Å². The van der Waals surface area contributed by atoms with Crippen LogP contribution >= 0.6 is 0 Å². The van der Waals surface area contributed by atoms with Gasteiger partial charge in [0.1, 0.15) is 11.6 Å². The summed E-state index contributed by atoms with van der Waals surface area (Å²) in [5, 5.41) is 1.78. The van der Waals surface area contributed by atoms with Crippen LogP contribution in [-0.4, -0.2) is 30.2 Å². The Morgan fingerprint density at radius 1 is 0.960 bits per heavy atom. The molecule has 5 heteroatoms.